The normalized spacial score (nSPS) is 44.9. The van der Waals surface area contributed by atoms with Gasteiger partial charge in [-0.15, -0.1) is 0 Å². The van der Waals surface area contributed by atoms with E-state index in [0.29, 0.717) is 25.7 Å². The number of esters is 1. The predicted octanol–water partition coefficient (Wildman–Crippen LogP) is 3.88. The van der Waals surface area contributed by atoms with Crippen LogP contribution in [0.4, 0.5) is 4.39 Å². The quantitative estimate of drug-likeness (QED) is 0.593. The van der Waals surface area contributed by atoms with Crippen molar-refractivity contribution in [1.29, 1.82) is 0 Å². The van der Waals surface area contributed by atoms with Crippen LogP contribution in [0.15, 0.2) is 23.8 Å². The number of halogens is 1. The maximum atomic E-state index is 13.9. The Hall–Kier alpha value is -1.86. The molecule has 0 N–H and O–H groups in total. The van der Waals surface area contributed by atoms with E-state index in [4.69, 9.17) is 14.2 Å². The Bertz CT molecular complexity index is 968. The molecule has 7 heteroatoms. The Morgan fingerprint density at radius 3 is 2.67 bits per heavy atom. The van der Waals surface area contributed by atoms with E-state index in [0.717, 1.165) is 12.0 Å². The number of carbonyl (C=O) groups excluding carboxylic acids is 3. The van der Waals surface area contributed by atoms with Crippen molar-refractivity contribution in [2.24, 2.45) is 28.6 Å². The van der Waals surface area contributed by atoms with E-state index < -0.39 is 40.8 Å². The molecule has 0 radical (unpaired) electrons. The van der Waals surface area contributed by atoms with E-state index in [1.165, 1.54) is 6.92 Å². The highest BCUT2D eigenvalue weighted by Crippen LogP contribution is 2.69. The zero-order valence-electron chi connectivity index (χ0n) is 19.8. The molecule has 33 heavy (non-hydrogen) atoms. The van der Waals surface area contributed by atoms with Crippen LogP contribution in [-0.4, -0.2) is 48.3 Å². The van der Waals surface area contributed by atoms with Gasteiger partial charge >= 0.3 is 5.97 Å². The van der Waals surface area contributed by atoms with E-state index >= 15 is 0 Å². The van der Waals surface area contributed by atoms with Gasteiger partial charge in [0.15, 0.2) is 29.6 Å². The van der Waals surface area contributed by atoms with Crippen molar-refractivity contribution in [3.05, 3.63) is 23.8 Å². The summed E-state index contributed by atoms with van der Waals surface area (Å²) in [5, 5.41) is 0. The predicted molar refractivity (Wildman–Crippen MR) is 117 cm³/mol. The summed E-state index contributed by atoms with van der Waals surface area (Å²) in [4.78, 5) is 37.1. The zero-order valence-corrected chi connectivity index (χ0v) is 19.8. The minimum atomic E-state index is -1.30. The molecule has 5 aliphatic rings. The Morgan fingerprint density at radius 1 is 1.21 bits per heavy atom. The Kier molecular flexibility index (Phi) is 5.08. The minimum Gasteiger partial charge on any atom is -0.465 e. The van der Waals surface area contributed by atoms with Gasteiger partial charge in [-0.2, -0.15) is 0 Å². The third-order valence-corrected chi connectivity index (χ3v) is 9.31. The van der Waals surface area contributed by atoms with Crippen LogP contribution in [-0.2, 0) is 28.6 Å². The molecule has 0 spiro atoms. The molecule has 0 aromatic heterocycles. The summed E-state index contributed by atoms with van der Waals surface area (Å²) in [5.74, 6) is -1.41. The average molecular weight is 461 g/mol. The number of Topliss-reactive ketones (excluding diaryl/α,β-unsaturated/α-hetero) is 1. The number of fused-ring (bicyclic) bond motifs is 7. The number of ketones is 2. The van der Waals surface area contributed by atoms with E-state index in [-0.39, 0.29) is 36.1 Å². The summed E-state index contributed by atoms with van der Waals surface area (Å²) < 4.78 is 32.0. The standard InChI is InChI=1S/C26H33FO6/c1-15(28)31-14-25-10-7-17(29)11-16(25)5-6-18-19(25)8-9-24(4)20(18)12-22-26(24,21(30)13-27)33-23(2,3)32-22/h5-6,11,18-20,22H,7-10,12-14H2,1-4H3/t18-,19+,20+,22-,24+,25-,26-/m1/s1. The fraction of sp³-hybridized carbons (Fsp3) is 0.731. The maximum Gasteiger partial charge on any atom is 0.302 e. The van der Waals surface area contributed by atoms with Crippen LogP contribution in [0.5, 0.6) is 0 Å². The molecule has 0 aromatic rings. The van der Waals surface area contributed by atoms with Gasteiger partial charge < -0.3 is 14.2 Å². The lowest BCUT2D eigenvalue weighted by Crippen LogP contribution is -2.61. The molecule has 4 aliphatic carbocycles. The SMILES string of the molecule is CC(=O)OC[C@]12CCC(=O)C=C1C=C[C@@H]1[C@@H]2CC[C@@]2(C)[C@H]1C[C@H]1OC(C)(C)O[C@]12C(=O)CF. The Morgan fingerprint density at radius 2 is 1.97 bits per heavy atom. The Balaban J connectivity index is 1.57. The van der Waals surface area contributed by atoms with Crippen LogP contribution in [0.2, 0.25) is 0 Å². The number of carbonyl (C=O) groups is 3. The molecule has 0 bridgehead atoms. The fourth-order valence-corrected chi connectivity index (χ4v) is 8.02. The largest absolute Gasteiger partial charge is 0.465 e. The molecule has 180 valence electrons. The summed E-state index contributed by atoms with van der Waals surface area (Å²) in [7, 11) is 0. The molecule has 0 amide bonds. The molecule has 3 fully saturated rings. The molecular weight excluding hydrogens is 427 g/mol. The summed E-state index contributed by atoms with van der Waals surface area (Å²) in [6.45, 7) is 6.21. The average Bonchev–Trinajstić information content (AvgIpc) is 3.17. The van der Waals surface area contributed by atoms with Crippen LogP contribution in [0.1, 0.15) is 59.8 Å². The third-order valence-electron chi connectivity index (χ3n) is 9.31. The van der Waals surface area contributed by atoms with Crippen molar-refractivity contribution >= 4 is 17.5 Å². The van der Waals surface area contributed by atoms with E-state index in [9.17, 15) is 18.8 Å². The van der Waals surface area contributed by atoms with Gasteiger partial charge in [-0.1, -0.05) is 19.1 Å². The smallest absolute Gasteiger partial charge is 0.302 e. The summed E-state index contributed by atoms with van der Waals surface area (Å²) in [6.07, 6.45) is 8.50. The van der Waals surface area contributed by atoms with Gasteiger partial charge in [-0.05, 0) is 68.9 Å². The fourth-order valence-electron chi connectivity index (χ4n) is 8.02. The van der Waals surface area contributed by atoms with Crippen molar-refractivity contribution < 1.29 is 33.0 Å². The van der Waals surface area contributed by atoms with Crippen LogP contribution in [0.25, 0.3) is 0 Å². The Labute approximate surface area is 193 Å². The van der Waals surface area contributed by atoms with Crippen molar-refractivity contribution in [2.75, 3.05) is 13.3 Å². The van der Waals surface area contributed by atoms with Crippen LogP contribution >= 0.6 is 0 Å². The lowest BCUT2D eigenvalue weighted by Gasteiger charge is -2.57. The van der Waals surface area contributed by atoms with E-state index in [1.54, 1.807) is 19.9 Å². The number of alkyl halides is 1. The molecule has 5 rings (SSSR count). The molecule has 0 unspecified atom stereocenters. The first-order chi connectivity index (χ1) is 15.5. The highest BCUT2D eigenvalue weighted by atomic mass is 19.1. The van der Waals surface area contributed by atoms with Crippen LogP contribution < -0.4 is 0 Å². The van der Waals surface area contributed by atoms with Crippen molar-refractivity contribution in [2.45, 2.75) is 77.3 Å². The van der Waals surface area contributed by atoms with Gasteiger partial charge in [0.2, 0.25) is 0 Å². The first-order valence-electron chi connectivity index (χ1n) is 12.0. The molecule has 2 saturated carbocycles. The van der Waals surface area contributed by atoms with Gasteiger partial charge in [0, 0.05) is 24.2 Å². The number of ether oxygens (including phenoxy) is 3. The van der Waals surface area contributed by atoms with Crippen molar-refractivity contribution in [3.8, 4) is 0 Å². The van der Waals surface area contributed by atoms with Crippen molar-refractivity contribution in [1.82, 2.24) is 0 Å². The van der Waals surface area contributed by atoms with E-state index in [1.807, 2.05) is 6.08 Å². The lowest BCUT2D eigenvalue weighted by molar-refractivity contribution is -0.213. The van der Waals surface area contributed by atoms with Crippen molar-refractivity contribution in [3.63, 3.8) is 0 Å². The topological polar surface area (TPSA) is 78.9 Å². The molecule has 1 saturated heterocycles. The molecule has 0 aromatic carbocycles. The molecule has 1 aliphatic heterocycles. The van der Waals surface area contributed by atoms with E-state index in [2.05, 4.69) is 13.0 Å². The highest BCUT2D eigenvalue weighted by Gasteiger charge is 2.75. The van der Waals surface area contributed by atoms with Gasteiger partial charge in [0.1, 0.15) is 6.61 Å². The number of allylic oxidation sites excluding steroid dienone is 3. The molecular formula is C26H33FO6. The molecule has 7 atom stereocenters. The highest BCUT2D eigenvalue weighted by molar-refractivity contribution is 5.92. The minimum absolute atomic E-state index is 0.0532. The van der Waals surface area contributed by atoms with Gasteiger partial charge in [-0.25, -0.2) is 4.39 Å². The third kappa shape index (κ3) is 3.00. The number of hydrogen-bond donors (Lipinski definition) is 0. The molecule has 1 heterocycles. The summed E-state index contributed by atoms with van der Waals surface area (Å²) >= 11 is 0. The maximum absolute atomic E-state index is 13.9. The molecule has 6 nitrogen and oxygen atoms in total. The van der Waals surface area contributed by atoms with Gasteiger partial charge in [0.25, 0.3) is 0 Å². The second-order valence-electron chi connectivity index (χ2n) is 11.2. The monoisotopic (exact) mass is 460 g/mol. The van der Waals surface area contributed by atoms with Crippen LogP contribution in [0, 0.1) is 28.6 Å². The van der Waals surface area contributed by atoms with Crippen LogP contribution in [0.3, 0.4) is 0 Å². The number of rotatable bonds is 4. The van der Waals surface area contributed by atoms with Gasteiger partial charge in [-0.3, -0.25) is 14.4 Å². The first kappa shape index (κ1) is 22.9. The lowest BCUT2D eigenvalue weighted by atomic mass is 9.47. The number of hydrogen-bond acceptors (Lipinski definition) is 6. The zero-order chi connectivity index (χ0) is 23.8. The second-order valence-corrected chi connectivity index (χ2v) is 11.2. The van der Waals surface area contributed by atoms with Gasteiger partial charge in [0.05, 0.1) is 6.10 Å². The first-order valence-corrected chi connectivity index (χ1v) is 12.0. The second kappa shape index (κ2) is 7.32. The summed E-state index contributed by atoms with van der Waals surface area (Å²) in [5.41, 5.74) is -1.35. The summed E-state index contributed by atoms with van der Waals surface area (Å²) in [6, 6.07) is 0.